The van der Waals surface area contributed by atoms with Gasteiger partial charge in [-0.05, 0) is 0 Å². The molecule has 0 saturated heterocycles. The highest BCUT2D eigenvalue weighted by Gasteiger charge is 2.24. The van der Waals surface area contributed by atoms with E-state index in [4.69, 9.17) is 0 Å². The van der Waals surface area contributed by atoms with Crippen LogP contribution in [-0.2, 0) is 14.6 Å². The Hall–Kier alpha value is -0.170. The molecule has 3 N–H and O–H groups in total. The molecule has 0 aromatic carbocycles. The Labute approximate surface area is 72.9 Å². The van der Waals surface area contributed by atoms with Crippen molar-refractivity contribution in [2.24, 2.45) is 5.41 Å². The molecule has 0 amide bonds. The molecule has 0 aromatic heterocycles. The van der Waals surface area contributed by atoms with Crippen molar-refractivity contribution in [3.63, 3.8) is 0 Å². The fourth-order valence-electron chi connectivity index (χ4n) is 0.415. The van der Waals surface area contributed by atoms with Crippen molar-refractivity contribution in [3.05, 3.63) is 0 Å². The van der Waals surface area contributed by atoms with Crippen LogP contribution in [0.4, 0.5) is 0 Å². The average molecular weight is 197 g/mol. The van der Waals surface area contributed by atoms with Crippen molar-refractivity contribution < 1.29 is 22.9 Å². The van der Waals surface area contributed by atoms with Gasteiger partial charge in [-0.25, -0.2) is 8.42 Å². The molecule has 74 valence electrons. The summed E-state index contributed by atoms with van der Waals surface area (Å²) in [4.78, 5) is 0. The fraction of sp³-hybridized carbons (Fsp3) is 1.00. The van der Waals surface area contributed by atoms with Gasteiger partial charge in [-0.3, -0.25) is 4.18 Å². The van der Waals surface area contributed by atoms with Crippen LogP contribution in [-0.4, -0.2) is 25.6 Å². The quantitative estimate of drug-likeness (QED) is 0.469. The van der Waals surface area contributed by atoms with Gasteiger partial charge in [0.25, 0.3) is 0 Å². The van der Waals surface area contributed by atoms with Crippen molar-refractivity contribution in [3.8, 4) is 0 Å². The van der Waals surface area contributed by atoms with Crippen LogP contribution in [0.5, 0.6) is 0 Å². The first kappa shape index (κ1) is 11.8. The maximum absolute atomic E-state index is 10.1. The summed E-state index contributed by atoms with van der Waals surface area (Å²) in [5.41, 5.74) is 3.52. The van der Waals surface area contributed by atoms with E-state index in [1.54, 1.807) is 0 Å². The second-order valence-electron chi connectivity index (χ2n) is 3.76. The van der Waals surface area contributed by atoms with Crippen LogP contribution in [0, 0.1) is 5.41 Å². The molecule has 0 fully saturated rings. The zero-order valence-corrected chi connectivity index (χ0v) is 8.35. The molecule has 0 radical (unpaired) electrons. The van der Waals surface area contributed by atoms with Gasteiger partial charge in [0.1, 0.15) is 12.6 Å². The molecule has 0 heterocycles. The van der Waals surface area contributed by atoms with E-state index >= 15 is 0 Å². The number of hydrogen-bond acceptors (Lipinski definition) is 4. The molecule has 5 nitrogen and oxygen atoms in total. The van der Waals surface area contributed by atoms with Crippen LogP contribution in [0.2, 0.25) is 0 Å². The minimum absolute atomic E-state index is 0.157. The molecule has 1 atom stereocenters. The first-order valence-electron chi connectivity index (χ1n) is 3.56. The highest BCUT2D eigenvalue weighted by molar-refractivity contribution is 7.80. The molecule has 0 rings (SSSR count). The molecule has 6 heteroatoms. The van der Waals surface area contributed by atoms with E-state index in [-0.39, 0.29) is 18.1 Å². The maximum Gasteiger partial charge on any atom is 0.217 e. The zero-order chi connectivity index (χ0) is 9.99. The Balaban J connectivity index is 3.97. The van der Waals surface area contributed by atoms with Gasteiger partial charge in [-0.15, -0.1) is 0 Å². The van der Waals surface area contributed by atoms with E-state index in [9.17, 15) is 13.0 Å². The van der Waals surface area contributed by atoms with Crippen molar-refractivity contribution in [2.45, 2.75) is 26.8 Å². The summed E-state index contributed by atoms with van der Waals surface area (Å²) < 4.78 is 34.2. The number of hydrogen-bond donors (Lipinski definition) is 1. The molecule has 0 aromatic rings. The summed E-state index contributed by atoms with van der Waals surface area (Å²) in [6.07, 6.45) is 0. The van der Waals surface area contributed by atoms with Gasteiger partial charge < -0.3 is 10.3 Å². The third-order valence-electron chi connectivity index (χ3n) is 1.64. The van der Waals surface area contributed by atoms with Crippen molar-refractivity contribution in [2.75, 3.05) is 6.61 Å². The van der Waals surface area contributed by atoms with Crippen molar-refractivity contribution in [1.29, 1.82) is 0 Å². The molecule has 0 bridgehead atoms. The minimum Gasteiger partial charge on any atom is -0.726 e. The summed E-state index contributed by atoms with van der Waals surface area (Å²) in [5.74, 6) is 0. The Morgan fingerprint density at radius 3 is 2.17 bits per heavy atom. The van der Waals surface area contributed by atoms with Crippen LogP contribution in [0.3, 0.4) is 0 Å². The van der Waals surface area contributed by atoms with E-state index in [0.29, 0.717) is 0 Å². The summed E-state index contributed by atoms with van der Waals surface area (Å²) >= 11 is 0. The molecular weight excluding hydrogens is 182 g/mol. The standard InChI is InChI=1S/C6H15NO4S/c1-6(2,3)5(7)4-11-12(8,9)10/h5H,4,7H2,1-3H3,(H,8,9,10). The Bertz CT molecular complexity index is 228. The Kier molecular flexibility index (Phi) is 3.64. The summed E-state index contributed by atoms with van der Waals surface area (Å²) in [6, 6.07) is -0.221. The minimum atomic E-state index is -4.57. The molecule has 0 aliphatic carbocycles. The molecule has 12 heavy (non-hydrogen) atoms. The number of rotatable bonds is 3. The average Bonchev–Trinajstić information content (AvgIpc) is 1.78. The largest absolute Gasteiger partial charge is 0.726 e. The Morgan fingerprint density at radius 2 is 1.92 bits per heavy atom. The summed E-state index contributed by atoms with van der Waals surface area (Å²) in [7, 11) is -4.57. The lowest BCUT2D eigenvalue weighted by molar-refractivity contribution is -0.447. The molecule has 0 aliphatic rings. The van der Waals surface area contributed by atoms with Gasteiger partial charge in [0.15, 0.2) is 0 Å². The second kappa shape index (κ2) is 3.69. The molecule has 0 saturated carbocycles. The zero-order valence-electron chi connectivity index (χ0n) is 7.53. The lowest BCUT2D eigenvalue weighted by Gasteiger charge is -2.23. The Morgan fingerprint density at radius 1 is 1.50 bits per heavy atom. The monoisotopic (exact) mass is 197 g/mol. The van der Waals surface area contributed by atoms with Gasteiger partial charge >= 0.3 is 0 Å². The van der Waals surface area contributed by atoms with E-state index in [0.717, 1.165) is 0 Å². The third-order valence-corrected chi connectivity index (χ3v) is 2.06. The fourth-order valence-corrected chi connectivity index (χ4v) is 0.746. The SMILES string of the molecule is CC(C)(C)C([NH3+])COS(=O)(=O)[O-]. The highest BCUT2D eigenvalue weighted by atomic mass is 32.3. The predicted octanol–water partition coefficient (Wildman–Crippen LogP) is -0.880. The van der Waals surface area contributed by atoms with Gasteiger partial charge in [0.05, 0.1) is 0 Å². The van der Waals surface area contributed by atoms with Crippen molar-refractivity contribution >= 4 is 10.4 Å². The van der Waals surface area contributed by atoms with E-state index in [2.05, 4.69) is 9.92 Å². The van der Waals surface area contributed by atoms with Crippen LogP contribution >= 0.6 is 0 Å². The van der Waals surface area contributed by atoms with E-state index in [1.807, 2.05) is 20.8 Å². The first-order valence-corrected chi connectivity index (χ1v) is 4.89. The summed E-state index contributed by atoms with van der Waals surface area (Å²) in [5, 5.41) is 0. The number of quaternary nitrogens is 1. The highest BCUT2D eigenvalue weighted by Crippen LogP contribution is 2.16. The summed E-state index contributed by atoms with van der Waals surface area (Å²) in [6.45, 7) is 5.53. The molecular formula is C6H15NO4S. The third kappa shape index (κ3) is 5.48. The van der Waals surface area contributed by atoms with Crippen LogP contribution < -0.4 is 5.73 Å². The van der Waals surface area contributed by atoms with E-state index in [1.165, 1.54) is 0 Å². The maximum atomic E-state index is 10.1. The van der Waals surface area contributed by atoms with Gasteiger partial charge in [-0.2, -0.15) is 0 Å². The van der Waals surface area contributed by atoms with Crippen LogP contribution in [0.25, 0.3) is 0 Å². The predicted molar refractivity (Wildman–Crippen MR) is 41.8 cm³/mol. The molecule has 0 aliphatic heterocycles. The lowest BCUT2D eigenvalue weighted by atomic mass is 9.88. The van der Waals surface area contributed by atoms with Crippen LogP contribution in [0.1, 0.15) is 20.8 Å². The molecule has 0 spiro atoms. The van der Waals surface area contributed by atoms with Crippen LogP contribution in [0.15, 0.2) is 0 Å². The van der Waals surface area contributed by atoms with Gasteiger partial charge in [0, 0.05) is 5.41 Å². The first-order chi connectivity index (χ1) is 5.13. The van der Waals surface area contributed by atoms with Gasteiger partial charge in [0.2, 0.25) is 10.4 Å². The van der Waals surface area contributed by atoms with Crippen molar-refractivity contribution in [1.82, 2.24) is 0 Å². The molecule has 1 unspecified atom stereocenters. The second-order valence-corrected chi connectivity index (χ2v) is 4.81. The topological polar surface area (TPSA) is 94.1 Å². The van der Waals surface area contributed by atoms with E-state index < -0.39 is 10.4 Å². The smallest absolute Gasteiger partial charge is 0.217 e. The normalized spacial score (nSPS) is 16.1. The lowest BCUT2D eigenvalue weighted by Crippen LogP contribution is -2.68. The van der Waals surface area contributed by atoms with Gasteiger partial charge in [-0.1, -0.05) is 20.8 Å².